The molecule has 0 amide bonds. The number of unbranched alkanes of at least 4 members (excludes halogenated alkanes) is 30. The van der Waals surface area contributed by atoms with Crippen molar-refractivity contribution in [1.29, 1.82) is 0 Å². The van der Waals surface area contributed by atoms with Crippen molar-refractivity contribution in [2.45, 2.75) is 303 Å². The van der Waals surface area contributed by atoms with Crippen molar-refractivity contribution in [3.05, 3.63) is 85.1 Å². The lowest BCUT2D eigenvalue weighted by molar-refractivity contribution is -0.167. The maximum Gasteiger partial charge on any atom is 0.306 e. The maximum atomic E-state index is 12.9. The van der Waals surface area contributed by atoms with Crippen LogP contribution >= 0.6 is 0 Å². The summed E-state index contributed by atoms with van der Waals surface area (Å²) in [6, 6.07) is 0. The molecule has 0 heterocycles. The second-order valence-corrected chi connectivity index (χ2v) is 20.2. The van der Waals surface area contributed by atoms with Gasteiger partial charge in [-0.1, -0.05) is 247 Å². The summed E-state index contributed by atoms with van der Waals surface area (Å²) in [6.45, 7) is 6.49. The molecule has 0 saturated heterocycles. The number of esters is 3. The van der Waals surface area contributed by atoms with E-state index in [1.54, 1.807) is 0 Å². The van der Waals surface area contributed by atoms with E-state index in [0.717, 1.165) is 128 Å². The summed E-state index contributed by atoms with van der Waals surface area (Å²) in [7, 11) is 0. The van der Waals surface area contributed by atoms with Crippen LogP contribution in [-0.2, 0) is 28.6 Å². The molecule has 6 heteroatoms. The fourth-order valence-electron chi connectivity index (χ4n) is 8.52. The Balaban J connectivity index is 4.37. The number of ether oxygens (including phenoxy) is 3. The molecular weight excluding hydrogens is 889 g/mol. The lowest BCUT2D eigenvalue weighted by Crippen LogP contribution is -2.30. The molecule has 1 unspecified atom stereocenters. The van der Waals surface area contributed by atoms with E-state index in [-0.39, 0.29) is 31.1 Å². The fraction of sp³-hybridized carbons (Fsp3) is 0.742. The highest BCUT2D eigenvalue weighted by Gasteiger charge is 2.19. The molecule has 6 nitrogen and oxygen atoms in total. The normalized spacial score (nSPS) is 12.7. The van der Waals surface area contributed by atoms with Crippen molar-refractivity contribution >= 4 is 17.9 Å². The van der Waals surface area contributed by atoms with Gasteiger partial charge in [0.2, 0.25) is 0 Å². The van der Waals surface area contributed by atoms with Gasteiger partial charge in [-0.05, 0) is 116 Å². The van der Waals surface area contributed by atoms with Crippen molar-refractivity contribution in [2.24, 2.45) is 0 Å². The summed E-state index contributed by atoms with van der Waals surface area (Å²) in [4.78, 5) is 38.2. The highest BCUT2D eigenvalue weighted by atomic mass is 16.6. The maximum absolute atomic E-state index is 12.9. The molecular formula is C66H114O6. The minimum Gasteiger partial charge on any atom is -0.462 e. The molecule has 0 saturated carbocycles. The van der Waals surface area contributed by atoms with Gasteiger partial charge in [0.05, 0.1) is 0 Å². The molecule has 72 heavy (non-hydrogen) atoms. The lowest BCUT2D eigenvalue weighted by Gasteiger charge is -2.18. The van der Waals surface area contributed by atoms with Gasteiger partial charge in [-0.2, -0.15) is 0 Å². The summed E-state index contributed by atoms with van der Waals surface area (Å²) in [6.07, 6.45) is 78.6. The Morgan fingerprint density at radius 1 is 0.292 bits per heavy atom. The van der Waals surface area contributed by atoms with Crippen LogP contribution in [0.25, 0.3) is 0 Å². The van der Waals surface area contributed by atoms with Crippen molar-refractivity contribution in [1.82, 2.24) is 0 Å². The first kappa shape index (κ1) is 68.6. The molecule has 0 N–H and O–H groups in total. The minimum absolute atomic E-state index is 0.0885. The third-order valence-corrected chi connectivity index (χ3v) is 13.1. The first-order valence-corrected chi connectivity index (χ1v) is 30.6. The SMILES string of the molecule is CC/C=C\C/C=C\C/C=C\CCCCCCCC(=O)OCC(COC(=O)CCCCCCCCCCCCC/C=C\C/C=C\CCCCCCC)OC(=O)CCCCCCC/C=C\C/C=C\CCCCCC. The molecule has 0 aromatic carbocycles. The molecule has 414 valence electrons. The van der Waals surface area contributed by atoms with E-state index in [9.17, 15) is 14.4 Å². The standard InChI is InChI=1S/C66H114O6/c1-4-7-10-13-16-19-22-25-28-30-31-32-33-34-35-36-39-41-44-47-50-53-56-59-65(68)71-62-63(61-70-64(67)58-55-52-49-46-43-40-37-27-24-21-18-15-12-9-6-3)72-66(69)60-57-54-51-48-45-42-38-29-26-23-20-17-14-11-8-5-2/h9,12,18,20-23,25,27,29-31,37-38,63H,4-8,10-11,13-17,19,24,26,28,32-36,39-62H2,1-3H3/b12-9-,21-18-,23-20-,25-22-,31-30-,37-27-,38-29-. The Bertz CT molecular complexity index is 1380. The average Bonchev–Trinajstić information content (AvgIpc) is 3.38. The number of rotatable bonds is 55. The van der Waals surface area contributed by atoms with Gasteiger partial charge in [-0.25, -0.2) is 0 Å². The van der Waals surface area contributed by atoms with E-state index in [4.69, 9.17) is 14.2 Å². The molecule has 0 spiro atoms. The monoisotopic (exact) mass is 1000 g/mol. The first-order chi connectivity index (χ1) is 35.5. The smallest absolute Gasteiger partial charge is 0.306 e. The van der Waals surface area contributed by atoms with Crippen LogP contribution in [0.1, 0.15) is 297 Å². The summed E-state index contributed by atoms with van der Waals surface area (Å²) in [5.74, 6) is -0.913. The van der Waals surface area contributed by atoms with Gasteiger partial charge in [-0.15, -0.1) is 0 Å². The largest absolute Gasteiger partial charge is 0.462 e. The van der Waals surface area contributed by atoms with Crippen LogP contribution in [0.4, 0.5) is 0 Å². The van der Waals surface area contributed by atoms with Crippen LogP contribution in [0.3, 0.4) is 0 Å². The number of hydrogen-bond donors (Lipinski definition) is 0. The molecule has 0 rings (SSSR count). The molecule has 0 aromatic heterocycles. The Kier molecular flexibility index (Phi) is 57.3. The van der Waals surface area contributed by atoms with Crippen molar-refractivity contribution in [2.75, 3.05) is 13.2 Å². The number of carbonyl (C=O) groups is 3. The zero-order chi connectivity index (χ0) is 52.2. The predicted octanol–water partition coefficient (Wildman–Crippen LogP) is 20.7. The lowest BCUT2D eigenvalue weighted by atomic mass is 10.0. The Labute approximate surface area is 445 Å². The Morgan fingerprint density at radius 2 is 0.542 bits per heavy atom. The number of allylic oxidation sites excluding steroid dienone is 14. The van der Waals surface area contributed by atoms with Crippen molar-refractivity contribution < 1.29 is 28.6 Å². The third-order valence-electron chi connectivity index (χ3n) is 13.1. The van der Waals surface area contributed by atoms with Gasteiger partial charge < -0.3 is 14.2 Å². The molecule has 0 aliphatic heterocycles. The van der Waals surface area contributed by atoms with E-state index >= 15 is 0 Å². The zero-order valence-electron chi connectivity index (χ0n) is 47.4. The second kappa shape index (κ2) is 60.1. The third kappa shape index (κ3) is 57.5. The van der Waals surface area contributed by atoms with Gasteiger partial charge in [0.1, 0.15) is 13.2 Å². The summed E-state index contributed by atoms with van der Waals surface area (Å²) >= 11 is 0. The van der Waals surface area contributed by atoms with Gasteiger partial charge >= 0.3 is 17.9 Å². The van der Waals surface area contributed by atoms with Crippen LogP contribution in [-0.4, -0.2) is 37.2 Å². The van der Waals surface area contributed by atoms with E-state index in [1.165, 1.54) is 128 Å². The van der Waals surface area contributed by atoms with Gasteiger partial charge in [0, 0.05) is 19.3 Å². The second-order valence-electron chi connectivity index (χ2n) is 20.2. The Morgan fingerprint density at radius 3 is 0.861 bits per heavy atom. The quantitative estimate of drug-likeness (QED) is 0.0261. The highest BCUT2D eigenvalue weighted by Crippen LogP contribution is 2.15. The molecule has 0 fully saturated rings. The van der Waals surface area contributed by atoms with Gasteiger partial charge in [-0.3, -0.25) is 14.4 Å². The molecule has 1 atom stereocenters. The van der Waals surface area contributed by atoms with Crippen molar-refractivity contribution in [3.63, 3.8) is 0 Å². The minimum atomic E-state index is -0.793. The first-order valence-electron chi connectivity index (χ1n) is 30.6. The summed E-state index contributed by atoms with van der Waals surface area (Å²) < 4.78 is 16.9. The summed E-state index contributed by atoms with van der Waals surface area (Å²) in [5.41, 5.74) is 0. The molecule has 0 aromatic rings. The molecule has 0 bridgehead atoms. The highest BCUT2D eigenvalue weighted by molar-refractivity contribution is 5.71. The van der Waals surface area contributed by atoms with Crippen LogP contribution < -0.4 is 0 Å². The zero-order valence-corrected chi connectivity index (χ0v) is 47.4. The Hall–Kier alpha value is -3.41. The summed E-state index contributed by atoms with van der Waals surface area (Å²) in [5, 5.41) is 0. The number of hydrogen-bond acceptors (Lipinski definition) is 6. The fourth-order valence-corrected chi connectivity index (χ4v) is 8.52. The van der Waals surface area contributed by atoms with Crippen molar-refractivity contribution in [3.8, 4) is 0 Å². The van der Waals surface area contributed by atoms with E-state index in [2.05, 4.69) is 106 Å². The van der Waals surface area contributed by atoms with Crippen LogP contribution in [0.15, 0.2) is 85.1 Å². The van der Waals surface area contributed by atoms with Crippen LogP contribution in [0.2, 0.25) is 0 Å². The van der Waals surface area contributed by atoms with E-state index in [1.807, 2.05) is 0 Å². The van der Waals surface area contributed by atoms with Crippen LogP contribution in [0.5, 0.6) is 0 Å². The predicted molar refractivity (Wildman–Crippen MR) is 311 cm³/mol. The van der Waals surface area contributed by atoms with E-state index < -0.39 is 6.10 Å². The molecule has 0 aliphatic rings. The topological polar surface area (TPSA) is 78.9 Å². The molecule has 0 aliphatic carbocycles. The van der Waals surface area contributed by atoms with Gasteiger partial charge in [0.25, 0.3) is 0 Å². The van der Waals surface area contributed by atoms with E-state index in [0.29, 0.717) is 19.3 Å². The van der Waals surface area contributed by atoms with Gasteiger partial charge in [0.15, 0.2) is 6.10 Å². The van der Waals surface area contributed by atoms with Crippen LogP contribution in [0, 0.1) is 0 Å². The average molecular weight is 1000 g/mol. The molecule has 0 radical (unpaired) electrons. The number of carbonyl (C=O) groups excluding carboxylic acids is 3.